The monoisotopic (exact) mass is 206 g/mol. The Labute approximate surface area is 84.2 Å². The van der Waals surface area contributed by atoms with Crippen molar-refractivity contribution in [3.8, 4) is 0 Å². The number of nitrogens with two attached hydrogens (primary N) is 1. The summed E-state index contributed by atoms with van der Waals surface area (Å²) in [6.45, 7) is 2.47. The van der Waals surface area contributed by atoms with Crippen molar-refractivity contribution in [1.82, 2.24) is 5.32 Å². The molecule has 1 aliphatic rings. The number of hydrogen-bond acceptors (Lipinski definition) is 2. The lowest BCUT2D eigenvalue weighted by Crippen LogP contribution is -2.31. The molecule has 1 fully saturated rings. The molecule has 0 aliphatic heterocycles. The Morgan fingerprint density at radius 2 is 1.93 bits per heavy atom. The Hall–Kier alpha value is -0.220. The highest BCUT2D eigenvalue weighted by Crippen LogP contribution is 2.35. The van der Waals surface area contributed by atoms with Gasteiger partial charge >= 0.3 is 0 Å². The zero-order valence-electron chi connectivity index (χ0n) is 8.57. The van der Waals surface area contributed by atoms with Crippen LogP contribution in [-0.2, 0) is 0 Å². The highest BCUT2D eigenvalue weighted by atomic mass is 19.3. The molecule has 4 heteroatoms. The average Bonchev–Trinajstić information content (AvgIpc) is 2.15. The van der Waals surface area contributed by atoms with Crippen LogP contribution in [0.25, 0.3) is 0 Å². The second-order valence-corrected chi connectivity index (χ2v) is 4.15. The lowest BCUT2D eigenvalue weighted by molar-refractivity contribution is -0.0454. The van der Waals surface area contributed by atoms with E-state index in [1.165, 1.54) is 0 Å². The fourth-order valence-electron chi connectivity index (χ4n) is 1.84. The van der Waals surface area contributed by atoms with Gasteiger partial charge in [-0.15, -0.1) is 0 Å². The molecule has 1 saturated carbocycles. The molecule has 0 radical (unpaired) electrons. The first-order valence-corrected chi connectivity index (χ1v) is 5.43. The van der Waals surface area contributed by atoms with Crippen molar-refractivity contribution in [2.45, 2.75) is 38.0 Å². The number of hydrogen-bond donors (Lipinski definition) is 2. The first-order valence-electron chi connectivity index (χ1n) is 5.43. The van der Waals surface area contributed by atoms with E-state index in [9.17, 15) is 8.78 Å². The summed E-state index contributed by atoms with van der Waals surface area (Å²) >= 11 is 0. The number of nitrogens with one attached hydrogen (secondary N) is 1. The minimum atomic E-state index is -2.40. The molecule has 0 bridgehead atoms. The molecule has 0 spiro atoms. The summed E-state index contributed by atoms with van der Waals surface area (Å²) in [7, 11) is 0. The average molecular weight is 206 g/mol. The normalized spacial score (nSPS) is 22.5. The van der Waals surface area contributed by atoms with Crippen molar-refractivity contribution in [2.24, 2.45) is 11.7 Å². The Balaban J connectivity index is 2.04. The quantitative estimate of drug-likeness (QED) is 0.672. The van der Waals surface area contributed by atoms with E-state index in [1.54, 1.807) is 0 Å². The van der Waals surface area contributed by atoms with Gasteiger partial charge in [0.25, 0.3) is 0 Å². The summed E-state index contributed by atoms with van der Waals surface area (Å²) in [6, 6.07) is 0. The molecule has 0 saturated heterocycles. The second kappa shape index (κ2) is 5.61. The Morgan fingerprint density at radius 3 is 2.50 bits per heavy atom. The summed E-state index contributed by atoms with van der Waals surface area (Å²) in [6.07, 6.45) is 2.40. The maximum atomic E-state index is 12.8. The maximum absolute atomic E-state index is 12.8. The van der Waals surface area contributed by atoms with E-state index in [0.29, 0.717) is 25.3 Å². The molecule has 2 nitrogen and oxygen atoms in total. The van der Waals surface area contributed by atoms with Crippen molar-refractivity contribution < 1.29 is 8.78 Å². The van der Waals surface area contributed by atoms with E-state index in [2.05, 4.69) is 5.32 Å². The van der Waals surface area contributed by atoms with Crippen LogP contribution in [0.2, 0.25) is 0 Å². The molecule has 0 unspecified atom stereocenters. The van der Waals surface area contributed by atoms with Crippen LogP contribution in [0.5, 0.6) is 0 Å². The summed E-state index contributed by atoms with van der Waals surface area (Å²) in [5, 5.41) is 3.26. The van der Waals surface area contributed by atoms with Gasteiger partial charge in [-0.25, -0.2) is 8.78 Å². The summed E-state index contributed by atoms with van der Waals surface area (Å²) in [5.74, 6) is -1.96. The van der Waals surface area contributed by atoms with E-state index in [4.69, 9.17) is 5.73 Å². The van der Waals surface area contributed by atoms with E-state index < -0.39 is 5.92 Å². The van der Waals surface area contributed by atoms with Crippen LogP contribution < -0.4 is 11.1 Å². The van der Waals surface area contributed by atoms with E-state index in [0.717, 1.165) is 19.5 Å². The molecule has 1 aliphatic carbocycles. The van der Waals surface area contributed by atoms with Gasteiger partial charge in [0.1, 0.15) is 0 Å². The molecular formula is C10H20F2N2. The van der Waals surface area contributed by atoms with Gasteiger partial charge in [0.05, 0.1) is 0 Å². The van der Waals surface area contributed by atoms with Gasteiger partial charge in [-0.2, -0.15) is 0 Å². The molecule has 0 aromatic carbocycles. The van der Waals surface area contributed by atoms with Crippen molar-refractivity contribution in [2.75, 3.05) is 19.6 Å². The molecule has 0 amide bonds. The lowest BCUT2D eigenvalue weighted by Gasteiger charge is -2.28. The first-order chi connectivity index (χ1) is 6.64. The van der Waals surface area contributed by atoms with Crippen LogP contribution in [0.1, 0.15) is 32.1 Å². The van der Waals surface area contributed by atoms with Crippen LogP contribution in [0.15, 0.2) is 0 Å². The van der Waals surface area contributed by atoms with Crippen LogP contribution in [0, 0.1) is 5.92 Å². The third kappa shape index (κ3) is 4.33. The third-order valence-electron chi connectivity index (χ3n) is 2.83. The van der Waals surface area contributed by atoms with Crippen LogP contribution in [0.4, 0.5) is 8.78 Å². The largest absolute Gasteiger partial charge is 0.330 e. The SMILES string of the molecule is NCCCNCC1CCC(F)(F)CC1. The number of alkyl halides is 2. The Bertz CT molecular complexity index is 152. The Kier molecular flexibility index (Phi) is 4.75. The van der Waals surface area contributed by atoms with Crippen molar-refractivity contribution in [3.05, 3.63) is 0 Å². The number of rotatable bonds is 5. The van der Waals surface area contributed by atoms with Crippen molar-refractivity contribution >= 4 is 0 Å². The number of halogens is 2. The van der Waals surface area contributed by atoms with Crippen LogP contribution >= 0.6 is 0 Å². The van der Waals surface area contributed by atoms with Gasteiger partial charge in [0, 0.05) is 12.8 Å². The molecule has 84 valence electrons. The summed E-state index contributed by atoms with van der Waals surface area (Å²) in [4.78, 5) is 0. The summed E-state index contributed by atoms with van der Waals surface area (Å²) < 4.78 is 25.6. The molecular weight excluding hydrogens is 186 g/mol. The topological polar surface area (TPSA) is 38.0 Å². The molecule has 1 rings (SSSR count). The predicted octanol–water partition coefficient (Wildman–Crippen LogP) is 1.75. The predicted molar refractivity (Wildman–Crippen MR) is 53.4 cm³/mol. The maximum Gasteiger partial charge on any atom is 0.248 e. The van der Waals surface area contributed by atoms with E-state index in [1.807, 2.05) is 0 Å². The summed E-state index contributed by atoms with van der Waals surface area (Å²) in [5.41, 5.74) is 5.34. The fraction of sp³-hybridized carbons (Fsp3) is 1.00. The van der Waals surface area contributed by atoms with Crippen molar-refractivity contribution in [1.29, 1.82) is 0 Å². The van der Waals surface area contributed by atoms with Gasteiger partial charge in [-0.1, -0.05) is 0 Å². The highest BCUT2D eigenvalue weighted by molar-refractivity contribution is 4.78. The van der Waals surface area contributed by atoms with Gasteiger partial charge in [0.15, 0.2) is 0 Å². The van der Waals surface area contributed by atoms with Gasteiger partial charge in [-0.3, -0.25) is 0 Å². The van der Waals surface area contributed by atoms with Gasteiger partial charge < -0.3 is 11.1 Å². The third-order valence-corrected chi connectivity index (χ3v) is 2.83. The fourth-order valence-corrected chi connectivity index (χ4v) is 1.84. The van der Waals surface area contributed by atoms with Gasteiger partial charge in [-0.05, 0) is 44.8 Å². The Morgan fingerprint density at radius 1 is 1.29 bits per heavy atom. The minimum Gasteiger partial charge on any atom is -0.330 e. The molecule has 14 heavy (non-hydrogen) atoms. The van der Waals surface area contributed by atoms with E-state index in [-0.39, 0.29) is 12.8 Å². The van der Waals surface area contributed by atoms with Crippen molar-refractivity contribution in [3.63, 3.8) is 0 Å². The molecule has 0 heterocycles. The van der Waals surface area contributed by atoms with Gasteiger partial charge in [0.2, 0.25) is 5.92 Å². The second-order valence-electron chi connectivity index (χ2n) is 4.15. The standard InChI is InChI=1S/C10H20F2N2/c11-10(12)4-2-9(3-5-10)8-14-7-1-6-13/h9,14H,1-8,13H2. The van der Waals surface area contributed by atoms with Crippen LogP contribution in [0.3, 0.4) is 0 Å². The molecule has 3 N–H and O–H groups in total. The smallest absolute Gasteiger partial charge is 0.248 e. The van der Waals surface area contributed by atoms with E-state index >= 15 is 0 Å². The molecule has 0 atom stereocenters. The van der Waals surface area contributed by atoms with Crippen LogP contribution in [-0.4, -0.2) is 25.6 Å². The molecule has 0 aromatic heterocycles. The molecule has 0 aromatic rings. The zero-order valence-corrected chi connectivity index (χ0v) is 8.57. The zero-order chi connectivity index (χ0) is 10.4. The lowest BCUT2D eigenvalue weighted by atomic mass is 9.87. The first kappa shape index (κ1) is 11.9. The highest BCUT2D eigenvalue weighted by Gasteiger charge is 2.34. The minimum absolute atomic E-state index is 0.0657.